The van der Waals surface area contributed by atoms with Crippen molar-refractivity contribution in [2.45, 2.75) is 39.5 Å². The van der Waals surface area contributed by atoms with Gasteiger partial charge in [-0.25, -0.2) is 0 Å². The van der Waals surface area contributed by atoms with E-state index in [9.17, 15) is 8.42 Å². The third-order valence-electron chi connectivity index (χ3n) is 1.76. The molecule has 0 aromatic rings. The van der Waals surface area contributed by atoms with Gasteiger partial charge in [0.15, 0.2) is 0 Å². The van der Waals surface area contributed by atoms with E-state index in [1.807, 2.05) is 0 Å². The van der Waals surface area contributed by atoms with Crippen LogP contribution in [0.5, 0.6) is 0 Å². The molecule has 0 aliphatic rings. The summed E-state index contributed by atoms with van der Waals surface area (Å²) < 4.78 is 22.5. The molecule has 0 aromatic heterocycles. The largest absolute Gasteiger partial charge is 0.255 e. The predicted molar refractivity (Wildman–Crippen MR) is 65.0 cm³/mol. The van der Waals surface area contributed by atoms with Gasteiger partial charge in [0.25, 0.3) is 0 Å². The molecule has 0 saturated heterocycles. The van der Waals surface area contributed by atoms with Crippen molar-refractivity contribution in [1.82, 2.24) is 0 Å². The van der Waals surface area contributed by atoms with Crippen LogP contribution < -0.4 is 0 Å². The summed E-state index contributed by atoms with van der Waals surface area (Å²) in [5.41, 5.74) is 0. The molecule has 0 saturated carbocycles. The van der Waals surface area contributed by atoms with Gasteiger partial charge in [0.1, 0.15) is 0 Å². The van der Waals surface area contributed by atoms with Crippen molar-refractivity contribution >= 4 is 21.6 Å². The molecule has 84 valence electrons. The minimum Gasteiger partial charge on any atom is -0.255 e. The SMILES string of the molecule is CCCC[S@](=O)/C=C/[S@@](=O)CCCC. The summed E-state index contributed by atoms with van der Waals surface area (Å²) in [7, 11) is -1.84. The number of rotatable bonds is 8. The van der Waals surface area contributed by atoms with Gasteiger partial charge < -0.3 is 0 Å². The Balaban J connectivity index is 3.68. The Bertz CT molecular complexity index is 190. The van der Waals surface area contributed by atoms with Crippen LogP contribution in [0.3, 0.4) is 0 Å². The standard InChI is InChI=1S/C10H20O2S2/c1-3-5-7-13(11)9-10-14(12)8-6-4-2/h9-10H,3-8H2,1-2H3/b10-9+/t13-,14-/m0/s1. The molecule has 0 radical (unpaired) electrons. The molecule has 0 fully saturated rings. The van der Waals surface area contributed by atoms with E-state index in [4.69, 9.17) is 0 Å². The van der Waals surface area contributed by atoms with Gasteiger partial charge in [-0.1, -0.05) is 26.7 Å². The molecule has 0 heterocycles. The average Bonchev–Trinajstić information content (AvgIpc) is 2.20. The minimum atomic E-state index is -0.920. The molecule has 0 N–H and O–H groups in total. The summed E-state index contributed by atoms with van der Waals surface area (Å²) >= 11 is 0. The Labute approximate surface area is 92.1 Å². The highest BCUT2D eigenvalue weighted by atomic mass is 32.2. The van der Waals surface area contributed by atoms with E-state index in [1.165, 1.54) is 0 Å². The topological polar surface area (TPSA) is 34.1 Å². The molecule has 14 heavy (non-hydrogen) atoms. The van der Waals surface area contributed by atoms with Crippen LogP contribution in [0.4, 0.5) is 0 Å². The van der Waals surface area contributed by atoms with Crippen LogP contribution in [-0.2, 0) is 21.6 Å². The average molecular weight is 236 g/mol. The molecule has 0 aromatic carbocycles. The van der Waals surface area contributed by atoms with E-state index in [0.29, 0.717) is 11.5 Å². The summed E-state index contributed by atoms with van der Waals surface area (Å²) in [5.74, 6) is 1.38. The van der Waals surface area contributed by atoms with Crippen LogP contribution >= 0.6 is 0 Å². The van der Waals surface area contributed by atoms with Crippen molar-refractivity contribution in [2.75, 3.05) is 11.5 Å². The van der Waals surface area contributed by atoms with Crippen LogP contribution in [0.25, 0.3) is 0 Å². The van der Waals surface area contributed by atoms with Crippen LogP contribution in [0.2, 0.25) is 0 Å². The van der Waals surface area contributed by atoms with Gasteiger partial charge in [-0.2, -0.15) is 0 Å². The Kier molecular flexibility index (Phi) is 9.62. The number of hydrogen-bond acceptors (Lipinski definition) is 2. The van der Waals surface area contributed by atoms with Gasteiger partial charge in [-0.3, -0.25) is 8.42 Å². The highest BCUT2D eigenvalue weighted by Crippen LogP contribution is 1.97. The maximum Gasteiger partial charge on any atom is 0.0462 e. The van der Waals surface area contributed by atoms with Crippen molar-refractivity contribution in [2.24, 2.45) is 0 Å². The predicted octanol–water partition coefficient (Wildman–Crippen LogP) is 2.56. The lowest BCUT2D eigenvalue weighted by Gasteiger charge is -1.94. The van der Waals surface area contributed by atoms with Gasteiger partial charge in [0.05, 0.1) is 0 Å². The Morgan fingerprint density at radius 3 is 1.50 bits per heavy atom. The zero-order valence-electron chi connectivity index (χ0n) is 9.03. The van der Waals surface area contributed by atoms with Crippen molar-refractivity contribution < 1.29 is 8.42 Å². The van der Waals surface area contributed by atoms with E-state index in [2.05, 4.69) is 13.8 Å². The number of unbranched alkanes of at least 4 members (excludes halogenated alkanes) is 2. The molecule has 0 bridgehead atoms. The van der Waals surface area contributed by atoms with Gasteiger partial charge in [-0.05, 0) is 12.8 Å². The monoisotopic (exact) mass is 236 g/mol. The van der Waals surface area contributed by atoms with Crippen LogP contribution in [0.15, 0.2) is 10.8 Å². The molecule has 0 aliphatic carbocycles. The summed E-state index contributed by atoms with van der Waals surface area (Å²) in [6.45, 7) is 4.14. The lowest BCUT2D eigenvalue weighted by atomic mass is 10.4. The molecule has 0 unspecified atom stereocenters. The maximum atomic E-state index is 11.3. The molecule has 0 aliphatic heterocycles. The fraction of sp³-hybridized carbons (Fsp3) is 0.800. The van der Waals surface area contributed by atoms with Gasteiger partial charge in [0, 0.05) is 43.9 Å². The molecule has 0 amide bonds. The highest BCUT2D eigenvalue weighted by Gasteiger charge is 1.96. The zero-order valence-corrected chi connectivity index (χ0v) is 10.7. The second-order valence-corrected chi connectivity index (χ2v) is 6.03. The summed E-state index contributed by atoms with van der Waals surface area (Å²) in [4.78, 5) is 0. The molecule has 0 spiro atoms. The summed E-state index contributed by atoms with van der Waals surface area (Å²) in [5, 5.41) is 3.17. The van der Waals surface area contributed by atoms with Crippen molar-refractivity contribution in [1.29, 1.82) is 0 Å². The van der Waals surface area contributed by atoms with E-state index >= 15 is 0 Å². The maximum absolute atomic E-state index is 11.3. The van der Waals surface area contributed by atoms with Crippen LogP contribution in [0.1, 0.15) is 39.5 Å². The quantitative estimate of drug-likeness (QED) is 0.649. The first-order valence-electron chi connectivity index (χ1n) is 5.13. The third-order valence-corrected chi connectivity index (χ3v) is 4.19. The zero-order chi connectivity index (χ0) is 10.8. The van der Waals surface area contributed by atoms with E-state index in [1.54, 1.807) is 10.8 Å². The fourth-order valence-corrected chi connectivity index (χ4v) is 3.24. The van der Waals surface area contributed by atoms with Crippen LogP contribution in [0, 0.1) is 0 Å². The summed E-state index contributed by atoms with van der Waals surface area (Å²) in [6, 6.07) is 0. The van der Waals surface area contributed by atoms with Crippen LogP contribution in [-0.4, -0.2) is 19.9 Å². The van der Waals surface area contributed by atoms with Crippen molar-refractivity contribution in [3.05, 3.63) is 10.8 Å². The molecular weight excluding hydrogens is 216 g/mol. The first kappa shape index (κ1) is 14.0. The van der Waals surface area contributed by atoms with E-state index in [0.717, 1.165) is 25.7 Å². The van der Waals surface area contributed by atoms with Crippen molar-refractivity contribution in [3.8, 4) is 0 Å². The third kappa shape index (κ3) is 8.63. The number of hydrogen-bond donors (Lipinski definition) is 0. The van der Waals surface area contributed by atoms with Gasteiger partial charge in [0.2, 0.25) is 0 Å². The normalized spacial score (nSPS) is 15.9. The molecule has 2 nitrogen and oxygen atoms in total. The highest BCUT2D eigenvalue weighted by molar-refractivity contribution is 7.91. The minimum absolute atomic E-state index is 0.692. The smallest absolute Gasteiger partial charge is 0.0462 e. The van der Waals surface area contributed by atoms with E-state index in [-0.39, 0.29) is 0 Å². The van der Waals surface area contributed by atoms with Gasteiger partial charge >= 0.3 is 0 Å². The molecular formula is C10H20O2S2. The Hall–Kier alpha value is 0.0400. The Morgan fingerprint density at radius 2 is 1.21 bits per heavy atom. The van der Waals surface area contributed by atoms with Crippen molar-refractivity contribution in [3.63, 3.8) is 0 Å². The summed E-state index contributed by atoms with van der Waals surface area (Å²) in [6.07, 6.45) is 4.05. The second-order valence-electron chi connectivity index (χ2n) is 3.15. The molecule has 0 rings (SSSR count). The first-order valence-corrected chi connectivity index (χ1v) is 7.89. The van der Waals surface area contributed by atoms with Gasteiger partial charge in [-0.15, -0.1) is 0 Å². The lowest BCUT2D eigenvalue weighted by molar-refractivity contribution is 0.682. The lowest BCUT2D eigenvalue weighted by Crippen LogP contribution is -1.95. The Morgan fingerprint density at radius 1 is 0.857 bits per heavy atom. The molecule has 4 heteroatoms. The molecule has 2 atom stereocenters. The second kappa shape index (κ2) is 9.59. The first-order chi connectivity index (χ1) is 6.70. The fourth-order valence-electron chi connectivity index (χ4n) is 0.833. The van der Waals surface area contributed by atoms with E-state index < -0.39 is 21.6 Å².